The molecule has 7 nitrogen and oxygen atoms in total. The number of aromatic amines is 1. The molecule has 1 aromatic carbocycles. The highest BCUT2D eigenvalue weighted by Gasteiger charge is 2.16. The van der Waals surface area contributed by atoms with E-state index in [2.05, 4.69) is 0 Å². The molecule has 112 valence electrons. The number of benzene rings is 1. The molecule has 0 saturated carbocycles. The molecule has 21 heavy (non-hydrogen) atoms. The molecule has 0 spiro atoms. The molecule has 0 amide bonds. The second-order valence-corrected chi connectivity index (χ2v) is 5.69. The highest BCUT2D eigenvalue weighted by atomic mass is 32.2. The Balaban J connectivity index is 2.55. The van der Waals surface area contributed by atoms with Crippen LogP contribution in [0.4, 0.5) is 8.78 Å². The van der Waals surface area contributed by atoms with Crippen LogP contribution in [0.5, 0.6) is 0 Å². The highest BCUT2D eigenvalue weighted by Crippen LogP contribution is 2.10. The summed E-state index contributed by atoms with van der Waals surface area (Å²) < 4.78 is 49.4. The van der Waals surface area contributed by atoms with E-state index in [1.807, 2.05) is 0 Å². The van der Waals surface area contributed by atoms with Gasteiger partial charge < -0.3 is 0 Å². The Morgan fingerprint density at radius 1 is 1.24 bits per heavy atom. The number of primary sulfonamides is 1. The van der Waals surface area contributed by atoms with Crippen molar-refractivity contribution >= 4 is 10.0 Å². The summed E-state index contributed by atoms with van der Waals surface area (Å²) in [5.41, 5.74) is -2.18. The van der Waals surface area contributed by atoms with E-state index in [0.717, 1.165) is 16.7 Å². The largest absolute Gasteiger partial charge is 0.328 e. The topological polar surface area (TPSA) is 115 Å². The van der Waals surface area contributed by atoms with Gasteiger partial charge in [-0.05, 0) is 6.07 Å². The molecule has 0 atom stereocenters. The van der Waals surface area contributed by atoms with Gasteiger partial charge in [0.2, 0.25) is 10.0 Å². The van der Waals surface area contributed by atoms with Crippen LogP contribution in [0.3, 0.4) is 0 Å². The molecular formula is C11H9F2N3O4S. The van der Waals surface area contributed by atoms with Gasteiger partial charge in [0.1, 0.15) is 11.6 Å². The summed E-state index contributed by atoms with van der Waals surface area (Å²) in [6.45, 7) is -0.399. The lowest BCUT2D eigenvalue weighted by Crippen LogP contribution is -2.35. The van der Waals surface area contributed by atoms with E-state index < -0.39 is 44.3 Å². The van der Waals surface area contributed by atoms with E-state index in [1.54, 1.807) is 4.98 Å². The summed E-state index contributed by atoms with van der Waals surface area (Å²) in [6, 6.07) is 2.70. The Bertz CT molecular complexity index is 918. The number of halogens is 2. The van der Waals surface area contributed by atoms with Crippen molar-refractivity contribution in [3.63, 3.8) is 0 Å². The van der Waals surface area contributed by atoms with Gasteiger partial charge >= 0.3 is 5.69 Å². The summed E-state index contributed by atoms with van der Waals surface area (Å²) >= 11 is 0. The maximum absolute atomic E-state index is 13.5. The third-order valence-corrected chi connectivity index (χ3v) is 3.54. The average molecular weight is 317 g/mol. The zero-order valence-electron chi connectivity index (χ0n) is 10.3. The van der Waals surface area contributed by atoms with E-state index in [9.17, 15) is 26.8 Å². The lowest BCUT2D eigenvalue weighted by atomic mass is 10.2. The first kappa shape index (κ1) is 15.1. The molecule has 0 unspecified atom stereocenters. The second-order valence-electron chi connectivity index (χ2n) is 4.16. The van der Waals surface area contributed by atoms with Crippen molar-refractivity contribution in [1.29, 1.82) is 0 Å². The maximum Gasteiger partial charge on any atom is 0.328 e. The standard InChI is InChI=1S/C11H9F2N3O4S/c12-7-2-1-6(8(13)3-7)4-16-5-9(21(14,19)20)10(17)15-11(16)18/h1-3,5H,4H2,(H2,14,19,20)(H,15,17,18). The predicted molar refractivity (Wildman–Crippen MR) is 68.2 cm³/mol. The minimum Gasteiger partial charge on any atom is -0.295 e. The molecule has 1 heterocycles. The number of aromatic nitrogens is 2. The number of H-pyrrole nitrogens is 1. The first-order chi connectivity index (χ1) is 9.68. The van der Waals surface area contributed by atoms with Gasteiger partial charge in [-0.1, -0.05) is 6.07 Å². The van der Waals surface area contributed by atoms with Crippen molar-refractivity contribution in [2.24, 2.45) is 5.14 Å². The number of nitrogens with zero attached hydrogens (tertiary/aromatic N) is 1. The minimum atomic E-state index is -4.34. The normalized spacial score (nSPS) is 11.6. The molecule has 3 N–H and O–H groups in total. The van der Waals surface area contributed by atoms with Crippen molar-refractivity contribution in [3.8, 4) is 0 Å². The Morgan fingerprint density at radius 3 is 2.48 bits per heavy atom. The van der Waals surface area contributed by atoms with Crippen molar-refractivity contribution in [2.45, 2.75) is 11.4 Å². The van der Waals surface area contributed by atoms with E-state index >= 15 is 0 Å². The molecule has 0 aliphatic heterocycles. The van der Waals surface area contributed by atoms with Gasteiger partial charge in [0.05, 0.1) is 6.54 Å². The summed E-state index contributed by atoms with van der Waals surface area (Å²) in [7, 11) is -4.34. The smallest absolute Gasteiger partial charge is 0.295 e. The predicted octanol–water partition coefficient (Wildman–Crippen LogP) is -0.489. The SMILES string of the molecule is NS(=O)(=O)c1cn(Cc2ccc(F)cc2F)c(=O)[nH]c1=O. The fourth-order valence-electron chi connectivity index (χ4n) is 1.64. The monoisotopic (exact) mass is 317 g/mol. The summed E-state index contributed by atoms with van der Waals surface area (Å²) in [5, 5.41) is 4.83. The van der Waals surface area contributed by atoms with Crippen molar-refractivity contribution in [1.82, 2.24) is 9.55 Å². The van der Waals surface area contributed by atoms with Gasteiger partial charge in [-0.15, -0.1) is 0 Å². The van der Waals surface area contributed by atoms with Gasteiger partial charge in [-0.3, -0.25) is 14.3 Å². The molecule has 0 radical (unpaired) electrons. The van der Waals surface area contributed by atoms with Gasteiger partial charge in [0.15, 0.2) is 4.90 Å². The van der Waals surface area contributed by atoms with Crippen LogP contribution in [-0.4, -0.2) is 18.0 Å². The fourth-order valence-corrected chi connectivity index (χ4v) is 2.23. The third-order valence-electron chi connectivity index (χ3n) is 2.64. The van der Waals surface area contributed by atoms with Crippen LogP contribution in [0.2, 0.25) is 0 Å². The first-order valence-corrected chi connectivity index (χ1v) is 7.03. The quantitative estimate of drug-likeness (QED) is 0.795. The zero-order valence-corrected chi connectivity index (χ0v) is 11.2. The number of nitrogens with one attached hydrogen (secondary N) is 1. The maximum atomic E-state index is 13.5. The summed E-state index contributed by atoms with van der Waals surface area (Å²) in [6.07, 6.45) is 0.708. The Kier molecular flexibility index (Phi) is 3.75. The van der Waals surface area contributed by atoms with E-state index in [-0.39, 0.29) is 5.56 Å². The van der Waals surface area contributed by atoms with Crippen LogP contribution in [0.1, 0.15) is 5.56 Å². The van der Waals surface area contributed by atoms with Crippen LogP contribution in [-0.2, 0) is 16.6 Å². The van der Waals surface area contributed by atoms with Crippen molar-refractivity contribution < 1.29 is 17.2 Å². The van der Waals surface area contributed by atoms with E-state index in [4.69, 9.17) is 5.14 Å². The highest BCUT2D eigenvalue weighted by molar-refractivity contribution is 7.89. The van der Waals surface area contributed by atoms with Crippen molar-refractivity contribution in [3.05, 3.63) is 62.4 Å². The second kappa shape index (κ2) is 5.22. The average Bonchev–Trinajstić information content (AvgIpc) is 2.33. The van der Waals surface area contributed by atoms with Crippen LogP contribution in [0.15, 0.2) is 38.9 Å². The molecule has 2 aromatic rings. The zero-order chi connectivity index (χ0) is 15.8. The minimum absolute atomic E-state index is 0.0640. The van der Waals surface area contributed by atoms with Gasteiger partial charge in [-0.2, -0.15) is 0 Å². The third kappa shape index (κ3) is 3.23. The fraction of sp³-hybridized carbons (Fsp3) is 0.0909. The van der Waals surface area contributed by atoms with Crippen LogP contribution in [0, 0.1) is 11.6 Å². The lowest BCUT2D eigenvalue weighted by Gasteiger charge is -2.07. The van der Waals surface area contributed by atoms with Crippen LogP contribution < -0.4 is 16.4 Å². The molecule has 1 aromatic heterocycles. The lowest BCUT2D eigenvalue weighted by molar-refractivity contribution is 0.560. The molecule has 2 rings (SSSR count). The van der Waals surface area contributed by atoms with Crippen LogP contribution >= 0.6 is 0 Å². The van der Waals surface area contributed by atoms with E-state index in [0.29, 0.717) is 12.3 Å². The van der Waals surface area contributed by atoms with Crippen LogP contribution in [0.25, 0.3) is 0 Å². The molecular weight excluding hydrogens is 308 g/mol. The van der Waals surface area contributed by atoms with Gasteiger partial charge in [0.25, 0.3) is 5.56 Å². The molecule has 0 saturated heterocycles. The number of hydrogen-bond acceptors (Lipinski definition) is 4. The number of nitrogens with two attached hydrogens (primary N) is 1. The molecule has 0 aliphatic carbocycles. The molecule has 10 heteroatoms. The molecule has 0 fully saturated rings. The Hall–Kier alpha value is -2.33. The van der Waals surface area contributed by atoms with Gasteiger partial charge in [-0.25, -0.2) is 27.1 Å². The first-order valence-electron chi connectivity index (χ1n) is 5.49. The number of rotatable bonds is 3. The Labute approximate surface area is 116 Å². The number of sulfonamides is 1. The van der Waals surface area contributed by atoms with Crippen molar-refractivity contribution in [2.75, 3.05) is 0 Å². The number of hydrogen-bond donors (Lipinski definition) is 2. The molecule has 0 bridgehead atoms. The molecule has 0 aliphatic rings. The van der Waals surface area contributed by atoms with Gasteiger partial charge in [0, 0.05) is 17.8 Å². The summed E-state index contributed by atoms with van der Waals surface area (Å²) in [5.74, 6) is -1.71. The van der Waals surface area contributed by atoms with E-state index in [1.165, 1.54) is 0 Å². The Morgan fingerprint density at radius 2 is 1.90 bits per heavy atom. The summed E-state index contributed by atoms with van der Waals surface area (Å²) in [4.78, 5) is 23.9.